The van der Waals surface area contributed by atoms with Crippen molar-refractivity contribution in [1.29, 1.82) is 0 Å². The maximum Gasteiger partial charge on any atom is 0.249 e. The topological polar surface area (TPSA) is 79.8 Å². The highest BCUT2D eigenvalue weighted by molar-refractivity contribution is 9.10. The van der Waals surface area contributed by atoms with E-state index in [1.807, 2.05) is 36.4 Å². The molecule has 3 aromatic carbocycles. The number of nitrogens with one attached hydrogen (secondary N) is 2. The molecule has 0 aromatic heterocycles. The molecule has 0 fully saturated rings. The highest BCUT2D eigenvalue weighted by atomic mass is 79.9. The Morgan fingerprint density at radius 2 is 1.75 bits per heavy atom. The molecule has 3 rings (SSSR count). The van der Waals surface area contributed by atoms with Gasteiger partial charge in [-0.25, -0.2) is 5.43 Å². The van der Waals surface area contributed by atoms with Crippen LogP contribution in [0.4, 0.5) is 5.69 Å². The minimum absolute atomic E-state index is 0.380. The Bertz CT molecular complexity index is 1140. The van der Waals surface area contributed by atoms with Crippen molar-refractivity contribution in [2.45, 2.75) is 13.0 Å². The lowest BCUT2D eigenvalue weighted by Crippen LogP contribution is -2.24. The summed E-state index contributed by atoms with van der Waals surface area (Å²) in [5.41, 5.74) is 4.57. The van der Waals surface area contributed by atoms with Crippen LogP contribution in [0.2, 0.25) is 5.02 Å². The van der Waals surface area contributed by atoms with Gasteiger partial charge >= 0.3 is 0 Å². The van der Waals surface area contributed by atoms with Crippen molar-refractivity contribution in [3.8, 4) is 5.75 Å². The lowest BCUT2D eigenvalue weighted by molar-refractivity contribution is -0.126. The van der Waals surface area contributed by atoms with Gasteiger partial charge in [-0.15, -0.1) is 0 Å². The quantitative estimate of drug-likeness (QED) is 0.198. The fourth-order valence-corrected chi connectivity index (χ4v) is 3.54. The van der Waals surface area contributed by atoms with Gasteiger partial charge < -0.3 is 10.1 Å². The van der Waals surface area contributed by atoms with Crippen LogP contribution in [0.1, 0.15) is 17.5 Å². The van der Waals surface area contributed by atoms with Crippen molar-refractivity contribution < 1.29 is 14.3 Å². The zero-order valence-corrected chi connectivity index (χ0v) is 20.6. The smallest absolute Gasteiger partial charge is 0.249 e. The molecular weight excluding hydrogens is 562 g/mol. The zero-order valence-electron chi connectivity index (χ0n) is 16.6. The Morgan fingerprint density at radius 3 is 2.47 bits per heavy atom. The van der Waals surface area contributed by atoms with Crippen LogP contribution in [0.15, 0.2) is 80.8 Å². The predicted molar refractivity (Wildman–Crippen MR) is 133 cm³/mol. The van der Waals surface area contributed by atoms with Gasteiger partial charge in [0.15, 0.2) is 0 Å². The van der Waals surface area contributed by atoms with Gasteiger partial charge in [0.25, 0.3) is 0 Å². The number of hydrazone groups is 1. The molecule has 0 spiro atoms. The Labute approximate surface area is 207 Å². The normalized spacial score (nSPS) is 10.7. The van der Waals surface area contributed by atoms with Gasteiger partial charge in [0, 0.05) is 4.47 Å². The van der Waals surface area contributed by atoms with Crippen LogP contribution in [0.5, 0.6) is 5.75 Å². The van der Waals surface area contributed by atoms with E-state index < -0.39 is 11.8 Å². The lowest BCUT2D eigenvalue weighted by atomic mass is 10.2. The van der Waals surface area contributed by atoms with Crippen LogP contribution in [0.25, 0.3) is 0 Å². The third kappa shape index (κ3) is 7.47. The minimum Gasteiger partial charge on any atom is -0.488 e. The SMILES string of the molecule is O=C(CC(=O)Nc1ccccc1Cl)NN=Cc1ccc(OCc2ccc(Br)cc2)c(Br)c1. The third-order valence-electron chi connectivity index (χ3n) is 4.14. The average Bonchev–Trinajstić information content (AvgIpc) is 2.76. The molecule has 0 unspecified atom stereocenters. The molecule has 0 aliphatic carbocycles. The second kappa shape index (κ2) is 11.8. The van der Waals surface area contributed by atoms with Gasteiger partial charge in [0.1, 0.15) is 18.8 Å². The molecular formula is C23H18Br2ClN3O3. The Balaban J connectivity index is 1.47. The number of hydrogen-bond donors (Lipinski definition) is 2. The molecule has 0 aliphatic rings. The van der Waals surface area contributed by atoms with Crippen LogP contribution < -0.4 is 15.5 Å². The maximum atomic E-state index is 12.0. The van der Waals surface area contributed by atoms with E-state index in [4.69, 9.17) is 16.3 Å². The second-order valence-corrected chi connectivity index (χ2v) is 8.78. The summed E-state index contributed by atoms with van der Waals surface area (Å²) in [6.07, 6.45) is 1.10. The van der Waals surface area contributed by atoms with E-state index in [9.17, 15) is 9.59 Å². The van der Waals surface area contributed by atoms with Gasteiger partial charge in [0.2, 0.25) is 11.8 Å². The Hall–Kier alpha value is -2.68. The third-order valence-corrected chi connectivity index (χ3v) is 5.61. The van der Waals surface area contributed by atoms with Gasteiger partial charge in [-0.1, -0.05) is 51.8 Å². The highest BCUT2D eigenvalue weighted by Gasteiger charge is 2.10. The van der Waals surface area contributed by atoms with Gasteiger partial charge in [-0.05, 0) is 69.5 Å². The summed E-state index contributed by atoms with van der Waals surface area (Å²) in [6.45, 7) is 0.436. The summed E-state index contributed by atoms with van der Waals surface area (Å²) in [5.74, 6) is -0.342. The Kier molecular flexibility index (Phi) is 8.84. The van der Waals surface area contributed by atoms with Crippen LogP contribution in [0.3, 0.4) is 0 Å². The number of halogens is 3. The number of ether oxygens (including phenoxy) is 1. The van der Waals surface area contributed by atoms with Crippen LogP contribution >= 0.6 is 43.5 Å². The number of anilines is 1. The summed E-state index contributed by atoms with van der Waals surface area (Å²) in [7, 11) is 0. The van der Waals surface area contributed by atoms with E-state index in [0.29, 0.717) is 23.1 Å². The fraction of sp³-hybridized carbons (Fsp3) is 0.0870. The maximum absolute atomic E-state index is 12.0. The number of amides is 2. The minimum atomic E-state index is -0.542. The summed E-state index contributed by atoms with van der Waals surface area (Å²) >= 11 is 12.9. The predicted octanol–water partition coefficient (Wildman–Crippen LogP) is 5.92. The molecule has 6 nitrogen and oxygen atoms in total. The number of para-hydroxylation sites is 1. The van der Waals surface area contributed by atoms with Gasteiger partial charge in [0.05, 0.1) is 21.4 Å². The van der Waals surface area contributed by atoms with Crippen molar-refractivity contribution in [3.05, 3.63) is 91.8 Å². The first-order valence-electron chi connectivity index (χ1n) is 9.44. The summed E-state index contributed by atoms with van der Waals surface area (Å²) in [4.78, 5) is 23.9. The molecule has 0 heterocycles. The van der Waals surface area contributed by atoms with Crippen molar-refractivity contribution in [1.82, 2.24) is 5.43 Å². The zero-order chi connectivity index (χ0) is 22.9. The van der Waals surface area contributed by atoms with E-state index in [1.165, 1.54) is 6.21 Å². The molecule has 2 amide bonds. The molecule has 0 radical (unpaired) electrons. The molecule has 32 heavy (non-hydrogen) atoms. The van der Waals surface area contributed by atoms with Crippen LogP contribution in [-0.4, -0.2) is 18.0 Å². The fourth-order valence-electron chi connectivity index (χ4n) is 2.58. The van der Waals surface area contributed by atoms with Crippen LogP contribution in [0, 0.1) is 0 Å². The number of nitrogens with zero attached hydrogens (tertiary/aromatic N) is 1. The van der Waals surface area contributed by atoms with Crippen molar-refractivity contribution in [2.24, 2.45) is 5.10 Å². The standard InChI is InChI=1S/C23H18Br2ClN3O3/c24-17-8-5-15(6-9-17)14-32-21-10-7-16(11-18(21)25)13-27-29-23(31)12-22(30)28-20-4-2-1-3-19(20)26/h1-11,13H,12,14H2,(H,28,30)(H,29,31). The summed E-state index contributed by atoms with van der Waals surface area (Å²) < 4.78 is 7.60. The monoisotopic (exact) mass is 577 g/mol. The molecule has 0 saturated heterocycles. The molecule has 0 saturated carbocycles. The molecule has 0 atom stereocenters. The van der Waals surface area contributed by atoms with Crippen LogP contribution in [-0.2, 0) is 16.2 Å². The highest BCUT2D eigenvalue weighted by Crippen LogP contribution is 2.26. The number of carbonyl (C=O) groups excluding carboxylic acids is 2. The summed E-state index contributed by atoms with van der Waals surface area (Å²) in [6, 6.07) is 20.1. The van der Waals surface area contributed by atoms with E-state index >= 15 is 0 Å². The van der Waals surface area contributed by atoms with Gasteiger partial charge in [-0.3, -0.25) is 9.59 Å². The molecule has 2 N–H and O–H groups in total. The number of carbonyl (C=O) groups is 2. The molecule has 3 aromatic rings. The second-order valence-electron chi connectivity index (χ2n) is 6.60. The Morgan fingerprint density at radius 1 is 1.00 bits per heavy atom. The van der Waals surface area contributed by atoms with Gasteiger partial charge in [-0.2, -0.15) is 5.10 Å². The van der Waals surface area contributed by atoms with E-state index in [2.05, 4.69) is 47.7 Å². The molecule has 0 bridgehead atoms. The first-order chi connectivity index (χ1) is 15.4. The molecule has 9 heteroatoms. The number of benzene rings is 3. The van der Waals surface area contributed by atoms with Crippen molar-refractivity contribution in [3.63, 3.8) is 0 Å². The first-order valence-corrected chi connectivity index (χ1v) is 11.4. The van der Waals surface area contributed by atoms with Crippen molar-refractivity contribution in [2.75, 3.05) is 5.32 Å². The molecule has 164 valence electrons. The number of hydrogen-bond acceptors (Lipinski definition) is 4. The van der Waals surface area contributed by atoms with E-state index in [1.54, 1.807) is 30.3 Å². The molecule has 0 aliphatic heterocycles. The van der Waals surface area contributed by atoms with Crippen molar-refractivity contribution >= 4 is 67.2 Å². The average molecular weight is 580 g/mol. The van der Waals surface area contributed by atoms with E-state index in [0.717, 1.165) is 20.1 Å². The lowest BCUT2D eigenvalue weighted by Gasteiger charge is -2.09. The largest absolute Gasteiger partial charge is 0.488 e. The van der Waals surface area contributed by atoms with E-state index in [-0.39, 0.29) is 6.42 Å². The summed E-state index contributed by atoms with van der Waals surface area (Å²) in [5, 5.41) is 6.88. The number of rotatable bonds is 8. The first kappa shape index (κ1) is 24.0.